The van der Waals surface area contributed by atoms with E-state index in [4.69, 9.17) is 8.83 Å². The van der Waals surface area contributed by atoms with Crippen molar-refractivity contribution in [2.45, 2.75) is 13.0 Å². The third-order valence-electron chi connectivity index (χ3n) is 3.65. The number of carbonyl (C=O) groups excluding carboxylic acids is 1. The summed E-state index contributed by atoms with van der Waals surface area (Å²) in [5.74, 6) is 1.36. The number of furan rings is 1. The van der Waals surface area contributed by atoms with Crippen LogP contribution in [0.5, 0.6) is 0 Å². The molecule has 1 aliphatic rings. The quantitative estimate of drug-likeness (QED) is 0.800. The Balaban J connectivity index is 1.60. The molecule has 1 amide bonds. The van der Waals surface area contributed by atoms with Crippen LogP contribution >= 0.6 is 0 Å². The van der Waals surface area contributed by atoms with Crippen LogP contribution in [0, 0.1) is 0 Å². The van der Waals surface area contributed by atoms with Gasteiger partial charge in [0.05, 0.1) is 24.2 Å². The number of para-hydroxylation sites is 2. The Labute approximate surface area is 131 Å². The third kappa shape index (κ3) is 2.68. The molecule has 7 nitrogen and oxygen atoms in total. The number of anilines is 2. The van der Waals surface area contributed by atoms with Gasteiger partial charge in [-0.15, -0.1) is 10.2 Å². The minimum absolute atomic E-state index is 0.00162. The van der Waals surface area contributed by atoms with E-state index in [2.05, 4.69) is 15.5 Å². The average Bonchev–Trinajstić information content (AvgIpc) is 3.20. The highest BCUT2D eigenvalue weighted by Crippen LogP contribution is 2.29. The number of fused-ring (bicyclic) bond motifs is 1. The van der Waals surface area contributed by atoms with Gasteiger partial charge >= 0.3 is 0 Å². The molecule has 0 fully saturated rings. The predicted molar refractivity (Wildman–Crippen MR) is 82.7 cm³/mol. The fraction of sp³-hybridized carbons (Fsp3) is 0.188. The van der Waals surface area contributed by atoms with Crippen molar-refractivity contribution in [1.82, 2.24) is 10.2 Å². The molecule has 7 heteroatoms. The number of nitrogens with zero attached hydrogens (tertiary/aromatic N) is 3. The lowest BCUT2D eigenvalue weighted by atomic mass is 10.2. The number of hydrogen-bond donors (Lipinski definition) is 1. The predicted octanol–water partition coefficient (Wildman–Crippen LogP) is 2.68. The number of carbonyl (C=O) groups is 1. The Morgan fingerprint density at radius 3 is 2.96 bits per heavy atom. The lowest BCUT2D eigenvalue weighted by Gasteiger charge is -2.22. The second-order valence-corrected chi connectivity index (χ2v) is 5.22. The van der Waals surface area contributed by atoms with E-state index in [0.29, 0.717) is 37.1 Å². The van der Waals surface area contributed by atoms with E-state index < -0.39 is 0 Å². The van der Waals surface area contributed by atoms with Crippen molar-refractivity contribution in [2.75, 3.05) is 16.8 Å². The monoisotopic (exact) mass is 310 g/mol. The SMILES string of the molecule is O=C1CCN(Cc2nnc(-c3ccco3)o2)c2ccccc2N1. The molecule has 1 aromatic carbocycles. The lowest BCUT2D eigenvalue weighted by Crippen LogP contribution is -2.24. The standard InChI is InChI=1S/C16H14N4O3/c21-14-7-8-20(12-5-2-1-4-11(12)17-14)10-15-18-19-16(23-15)13-6-3-9-22-13/h1-6,9H,7-8,10H2,(H,17,21). The Kier molecular flexibility index (Phi) is 3.30. The Morgan fingerprint density at radius 1 is 1.17 bits per heavy atom. The Bertz CT molecular complexity index is 825. The summed E-state index contributed by atoms with van der Waals surface area (Å²) in [6.45, 7) is 1.01. The van der Waals surface area contributed by atoms with E-state index in [1.807, 2.05) is 29.2 Å². The molecule has 23 heavy (non-hydrogen) atoms. The van der Waals surface area contributed by atoms with Gasteiger partial charge in [-0.3, -0.25) is 4.79 Å². The summed E-state index contributed by atoms with van der Waals surface area (Å²) < 4.78 is 10.9. The van der Waals surface area contributed by atoms with Crippen molar-refractivity contribution >= 4 is 17.3 Å². The first kappa shape index (κ1) is 13.6. The van der Waals surface area contributed by atoms with Gasteiger partial charge in [-0.25, -0.2) is 0 Å². The van der Waals surface area contributed by atoms with Gasteiger partial charge < -0.3 is 19.1 Å². The van der Waals surface area contributed by atoms with Gasteiger partial charge in [0, 0.05) is 13.0 Å². The molecule has 0 atom stereocenters. The van der Waals surface area contributed by atoms with Gasteiger partial charge in [-0.2, -0.15) is 0 Å². The van der Waals surface area contributed by atoms with Crippen LogP contribution in [0.4, 0.5) is 11.4 Å². The molecule has 4 rings (SSSR count). The van der Waals surface area contributed by atoms with Gasteiger partial charge in [0.1, 0.15) is 0 Å². The zero-order valence-corrected chi connectivity index (χ0v) is 12.2. The van der Waals surface area contributed by atoms with Gasteiger partial charge in [0.25, 0.3) is 5.89 Å². The third-order valence-corrected chi connectivity index (χ3v) is 3.65. The molecular formula is C16H14N4O3. The summed E-state index contributed by atoms with van der Waals surface area (Å²) >= 11 is 0. The Hall–Kier alpha value is -3.09. The molecule has 0 unspecified atom stereocenters. The Morgan fingerprint density at radius 2 is 2.09 bits per heavy atom. The van der Waals surface area contributed by atoms with E-state index >= 15 is 0 Å². The topological polar surface area (TPSA) is 84.4 Å². The van der Waals surface area contributed by atoms with Crippen LogP contribution in [-0.2, 0) is 11.3 Å². The maximum atomic E-state index is 11.8. The summed E-state index contributed by atoms with van der Waals surface area (Å²) in [5.41, 5.74) is 1.73. The van der Waals surface area contributed by atoms with E-state index in [1.165, 1.54) is 0 Å². The van der Waals surface area contributed by atoms with Crippen molar-refractivity contribution in [1.29, 1.82) is 0 Å². The molecule has 0 saturated heterocycles. The van der Waals surface area contributed by atoms with Crippen LogP contribution in [0.15, 0.2) is 51.5 Å². The van der Waals surface area contributed by atoms with Gasteiger partial charge in [0.15, 0.2) is 5.76 Å². The number of rotatable bonds is 3. The van der Waals surface area contributed by atoms with E-state index in [9.17, 15) is 4.79 Å². The normalized spacial score (nSPS) is 14.3. The van der Waals surface area contributed by atoms with Gasteiger partial charge in [-0.05, 0) is 24.3 Å². The largest absolute Gasteiger partial charge is 0.459 e. The number of hydrogen-bond acceptors (Lipinski definition) is 6. The summed E-state index contributed by atoms with van der Waals surface area (Å²) in [4.78, 5) is 13.9. The summed E-state index contributed by atoms with van der Waals surface area (Å²) in [7, 11) is 0. The van der Waals surface area contributed by atoms with Crippen LogP contribution in [0.2, 0.25) is 0 Å². The van der Waals surface area contributed by atoms with Crippen molar-refractivity contribution in [3.8, 4) is 11.7 Å². The highest BCUT2D eigenvalue weighted by Gasteiger charge is 2.21. The number of aromatic nitrogens is 2. The number of amides is 1. The lowest BCUT2D eigenvalue weighted by molar-refractivity contribution is -0.115. The fourth-order valence-corrected chi connectivity index (χ4v) is 2.57. The molecule has 3 aromatic rings. The molecule has 0 spiro atoms. The number of benzene rings is 1. The van der Waals surface area contributed by atoms with E-state index in [-0.39, 0.29) is 5.91 Å². The minimum Gasteiger partial charge on any atom is -0.459 e. The molecule has 1 N–H and O–H groups in total. The maximum Gasteiger partial charge on any atom is 0.283 e. The fourth-order valence-electron chi connectivity index (χ4n) is 2.57. The summed E-state index contributed by atoms with van der Waals surface area (Å²) in [6, 6.07) is 11.2. The van der Waals surface area contributed by atoms with Crippen molar-refractivity contribution in [2.24, 2.45) is 0 Å². The maximum absolute atomic E-state index is 11.8. The molecule has 3 heterocycles. The second kappa shape index (κ2) is 5.60. The smallest absolute Gasteiger partial charge is 0.283 e. The highest BCUT2D eigenvalue weighted by atomic mass is 16.4. The van der Waals surface area contributed by atoms with Crippen LogP contribution in [0.1, 0.15) is 12.3 Å². The second-order valence-electron chi connectivity index (χ2n) is 5.22. The summed E-state index contributed by atoms with van der Waals surface area (Å²) in [5, 5.41) is 11.0. The minimum atomic E-state index is 0.00162. The van der Waals surface area contributed by atoms with Gasteiger partial charge in [-0.1, -0.05) is 12.1 Å². The zero-order valence-electron chi connectivity index (χ0n) is 12.2. The van der Waals surface area contributed by atoms with Gasteiger partial charge in [0.2, 0.25) is 11.8 Å². The molecule has 2 aromatic heterocycles. The first-order chi connectivity index (χ1) is 11.3. The average molecular weight is 310 g/mol. The molecule has 0 radical (unpaired) electrons. The summed E-state index contributed by atoms with van der Waals surface area (Å²) in [6.07, 6.45) is 1.97. The molecule has 0 bridgehead atoms. The molecule has 116 valence electrons. The highest BCUT2D eigenvalue weighted by molar-refractivity contribution is 5.96. The van der Waals surface area contributed by atoms with Crippen LogP contribution in [-0.4, -0.2) is 22.6 Å². The van der Waals surface area contributed by atoms with Crippen molar-refractivity contribution < 1.29 is 13.6 Å². The zero-order chi connectivity index (χ0) is 15.6. The van der Waals surface area contributed by atoms with Crippen molar-refractivity contribution in [3.05, 3.63) is 48.6 Å². The molecule has 1 aliphatic heterocycles. The van der Waals surface area contributed by atoms with Crippen LogP contribution in [0.3, 0.4) is 0 Å². The molecule has 0 aliphatic carbocycles. The molecular weight excluding hydrogens is 296 g/mol. The van der Waals surface area contributed by atoms with Crippen LogP contribution < -0.4 is 10.2 Å². The van der Waals surface area contributed by atoms with Crippen LogP contribution in [0.25, 0.3) is 11.7 Å². The van der Waals surface area contributed by atoms with E-state index in [0.717, 1.165) is 11.4 Å². The first-order valence-corrected chi connectivity index (χ1v) is 7.30. The molecule has 0 saturated carbocycles. The first-order valence-electron chi connectivity index (χ1n) is 7.30. The van der Waals surface area contributed by atoms with E-state index in [1.54, 1.807) is 18.4 Å². The number of nitrogens with one attached hydrogen (secondary N) is 1. The van der Waals surface area contributed by atoms with Crippen molar-refractivity contribution in [3.63, 3.8) is 0 Å².